The molecule has 0 aromatic rings. The van der Waals surface area contributed by atoms with Crippen molar-refractivity contribution in [2.45, 2.75) is 26.8 Å². The third-order valence-electron chi connectivity index (χ3n) is 0.737. The maximum atomic E-state index is 10.4. The summed E-state index contributed by atoms with van der Waals surface area (Å²) in [7, 11) is 1.33. The minimum absolute atomic E-state index is 0.0934. The number of ether oxygens (including phenoxy) is 1. The molecule has 1 atom stereocenters. The van der Waals surface area contributed by atoms with Gasteiger partial charge in [0.1, 0.15) is 0 Å². The highest BCUT2D eigenvalue weighted by molar-refractivity contribution is 5.81. The first-order valence-corrected chi connectivity index (χ1v) is 3.68. The van der Waals surface area contributed by atoms with Crippen molar-refractivity contribution in [3.63, 3.8) is 0 Å². The Bertz CT molecular complexity index is 119. The van der Waals surface area contributed by atoms with E-state index in [1.54, 1.807) is 13.0 Å². The molecule has 0 saturated carbocycles. The van der Waals surface area contributed by atoms with E-state index in [2.05, 4.69) is 4.74 Å². The van der Waals surface area contributed by atoms with Gasteiger partial charge in [0.2, 0.25) is 0 Å². The van der Waals surface area contributed by atoms with Crippen LogP contribution in [0.1, 0.15) is 20.8 Å². The number of nitrogens with two attached hydrogens (primary N) is 1. The Kier molecular flexibility index (Phi) is 10.7. The molecule has 0 radical (unpaired) electrons. The molecular weight excluding hydrogens is 142 g/mol. The molecule has 0 saturated heterocycles. The fourth-order valence-corrected chi connectivity index (χ4v) is 0.298. The smallest absolute Gasteiger partial charge is 0.330 e. The van der Waals surface area contributed by atoms with Crippen molar-refractivity contribution < 1.29 is 9.53 Å². The van der Waals surface area contributed by atoms with E-state index in [-0.39, 0.29) is 12.0 Å². The van der Waals surface area contributed by atoms with Gasteiger partial charge in [-0.3, -0.25) is 0 Å². The van der Waals surface area contributed by atoms with Gasteiger partial charge in [0.05, 0.1) is 7.11 Å². The van der Waals surface area contributed by atoms with Gasteiger partial charge in [-0.05, 0) is 6.92 Å². The normalized spacial score (nSPS) is 11.7. The maximum absolute atomic E-state index is 10.4. The molecule has 0 amide bonds. The van der Waals surface area contributed by atoms with Crippen LogP contribution in [0.3, 0.4) is 0 Å². The van der Waals surface area contributed by atoms with Crippen LogP contribution in [-0.2, 0) is 9.53 Å². The molecule has 0 bridgehead atoms. The van der Waals surface area contributed by atoms with E-state index in [0.717, 1.165) is 0 Å². The van der Waals surface area contributed by atoms with Crippen molar-refractivity contribution >= 4 is 5.97 Å². The molecule has 0 aliphatic rings. The summed E-state index contributed by atoms with van der Waals surface area (Å²) in [5.41, 5.74) is 5.30. The third-order valence-corrected chi connectivity index (χ3v) is 0.737. The number of methoxy groups -OCH3 is 1. The lowest BCUT2D eigenvalue weighted by molar-refractivity contribution is -0.134. The van der Waals surface area contributed by atoms with Gasteiger partial charge in [-0.1, -0.05) is 19.9 Å². The van der Waals surface area contributed by atoms with E-state index in [9.17, 15) is 4.79 Å². The van der Waals surface area contributed by atoms with E-state index < -0.39 is 0 Å². The first kappa shape index (κ1) is 12.8. The highest BCUT2D eigenvalue weighted by Crippen LogP contribution is 1.80. The molecule has 2 N–H and O–H groups in total. The summed E-state index contributed by atoms with van der Waals surface area (Å²) in [6, 6.07) is -0.0934. The van der Waals surface area contributed by atoms with Crippen LogP contribution in [-0.4, -0.2) is 19.1 Å². The highest BCUT2D eigenvalue weighted by Gasteiger charge is 1.90. The summed E-state index contributed by atoms with van der Waals surface area (Å²) in [6.07, 6.45) is 2.89. The Labute approximate surface area is 68.2 Å². The van der Waals surface area contributed by atoms with Crippen LogP contribution in [0.15, 0.2) is 12.2 Å². The van der Waals surface area contributed by atoms with Crippen LogP contribution >= 0.6 is 0 Å². The Morgan fingerprint density at radius 3 is 2.27 bits per heavy atom. The zero-order valence-electron chi connectivity index (χ0n) is 7.63. The first-order valence-electron chi connectivity index (χ1n) is 3.68. The highest BCUT2D eigenvalue weighted by atomic mass is 16.5. The van der Waals surface area contributed by atoms with Crippen LogP contribution in [0.4, 0.5) is 0 Å². The van der Waals surface area contributed by atoms with Gasteiger partial charge in [0, 0.05) is 12.1 Å². The average Bonchev–Trinajstić information content (AvgIpc) is 2.04. The zero-order valence-corrected chi connectivity index (χ0v) is 7.63. The molecular formula is C8H17NO2. The van der Waals surface area contributed by atoms with Gasteiger partial charge in [-0.25, -0.2) is 4.79 Å². The molecule has 0 aromatic heterocycles. The van der Waals surface area contributed by atoms with Crippen LogP contribution in [0.2, 0.25) is 0 Å². The van der Waals surface area contributed by atoms with E-state index >= 15 is 0 Å². The quantitative estimate of drug-likeness (QED) is 0.484. The monoisotopic (exact) mass is 159 g/mol. The van der Waals surface area contributed by atoms with Crippen molar-refractivity contribution in [3.05, 3.63) is 12.2 Å². The molecule has 11 heavy (non-hydrogen) atoms. The largest absolute Gasteiger partial charge is 0.466 e. The molecule has 0 aliphatic heterocycles. The zero-order chi connectivity index (χ0) is 9.28. The van der Waals surface area contributed by atoms with Gasteiger partial charge in [-0.15, -0.1) is 0 Å². The second-order valence-corrected chi connectivity index (χ2v) is 1.74. The summed E-state index contributed by atoms with van der Waals surface area (Å²) in [4.78, 5) is 10.4. The van der Waals surface area contributed by atoms with Gasteiger partial charge in [-0.2, -0.15) is 0 Å². The topological polar surface area (TPSA) is 52.3 Å². The van der Waals surface area contributed by atoms with Crippen LogP contribution in [0.25, 0.3) is 0 Å². The van der Waals surface area contributed by atoms with Crippen LogP contribution < -0.4 is 5.73 Å². The van der Waals surface area contributed by atoms with Crippen molar-refractivity contribution in [3.8, 4) is 0 Å². The Balaban J connectivity index is 0. The molecule has 0 heterocycles. The summed E-state index contributed by atoms with van der Waals surface area (Å²) in [5.74, 6) is -0.368. The fraction of sp³-hybridized carbons (Fsp3) is 0.625. The van der Waals surface area contributed by atoms with Gasteiger partial charge in [0.15, 0.2) is 0 Å². The minimum Gasteiger partial charge on any atom is -0.466 e. The summed E-state index contributed by atoms with van der Waals surface area (Å²) < 4.78 is 4.32. The number of carbonyl (C=O) groups is 1. The Hall–Kier alpha value is -0.830. The van der Waals surface area contributed by atoms with Gasteiger partial charge >= 0.3 is 5.97 Å². The number of carbonyl (C=O) groups excluding carboxylic acids is 1. The molecule has 3 nitrogen and oxygen atoms in total. The Morgan fingerprint density at radius 2 is 2.00 bits per heavy atom. The lowest BCUT2D eigenvalue weighted by Crippen LogP contribution is -2.11. The molecule has 0 aromatic carbocycles. The lowest BCUT2D eigenvalue weighted by atomic mass is 10.3. The van der Waals surface area contributed by atoms with Gasteiger partial charge < -0.3 is 10.5 Å². The van der Waals surface area contributed by atoms with E-state index in [1.165, 1.54) is 13.2 Å². The molecule has 0 unspecified atom stereocenters. The van der Waals surface area contributed by atoms with Crippen LogP contribution in [0.5, 0.6) is 0 Å². The first-order chi connectivity index (χ1) is 5.16. The van der Waals surface area contributed by atoms with Crippen LogP contribution in [0, 0.1) is 0 Å². The van der Waals surface area contributed by atoms with Crippen molar-refractivity contribution in [2.75, 3.05) is 7.11 Å². The fourth-order valence-electron chi connectivity index (χ4n) is 0.298. The standard InChI is InChI=1S/C6H11NO2.C2H6/c1-5(7)3-4-6(8)9-2;1-2/h3-5H,7H2,1-2H3;1-2H3/b4-3+;/t5-;/m1./s1. The predicted octanol–water partition coefficient (Wildman–Crippen LogP) is 1.09. The SMILES string of the molecule is CC.COC(=O)/C=C/[C@@H](C)N. The van der Waals surface area contributed by atoms with Crippen molar-refractivity contribution in [1.82, 2.24) is 0 Å². The van der Waals surface area contributed by atoms with E-state index in [4.69, 9.17) is 5.73 Å². The number of esters is 1. The predicted molar refractivity (Wildman–Crippen MR) is 46.2 cm³/mol. The Morgan fingerprint density at radius 1 is 1.55 bits per heavy atom. The van der Waals surface area contributed by atoms with E-state index in [0.29, 0.717) is 0 Å². The average molecular weight is 159 g/mol. The summed E-state index contributed by atoms with van der Waals surface area (Å²) in [5, 5.41) is 0. The van der Waals surface area contributed by atoms with Crippen molar-refractivity contribution in [2.24, 2.45) is 5.73 Å². The number of rotatable bonds is 2. The second kappa shape index (κ2) is 9.17. The lowest BCUT2D eigenvalue weighted by Gasteiger charge is -1.92. The summed E-state index contributed by atoms with van der Waals surface area (Å²) >= 11 is 0. The molecule has 3 heteroatoms. The third kappa shape index (κ3) is 12.4. The molecule has 0 rings (SSSR count). The maximum Gasteiger partial charge on any atom is 0.330 e. The molecule has 0 aliphatic carbocycles. The molecule has 0 fully saturated rings. The van der Waals surface area contributed by atoms with Crippen molar-refractivity contribution in [1.29, 1.82) is 0 Å². The second-order valence-electron chi connectivity index (χ2n) is 1.74. The molecule has 0 spiro atoms. The summed E-state index contributed by atoms with van der Waals surface area (Å²) in [6.45, 7) is 5.78. The number of hydrogen-bond acceptors (Lipinski definition) is 3. The number of hydrogen-bond donors (Lipinski definition) is 1. The van der Waals surface area contributed by atoms with Gasteiger partial charge in [0.25, 0.3) is 0 Å². The minimum atomic E-state index is -0.368. The molecule has 66 valence electrons. The van der Waals surface area contributed by atoms with E-state index in [1.807, 2.05) is 13.8 Å².